The summed E-state index contributed by atoms with van der Waals surface area (Å²) in [7, 11) is -4.94. The third-order valence-corrected chi connectivity index (χ3v) is 12.0. The summed E-state index contributed by atoms with van der Waals surface area (Å²) in [6, 6.07) is 23.4. The van der Waals surface area contributed by atoms with Gasteiger partial charge in [-0.15, -0.1) is 0 Å². The quantitative estimate of drug-likeness (QED) is 0.101. The van der Waals surface area contributed by atoms with Crippen molar-refractivity contribution in [2.75, 3.05) is 9.62 Å². The summed E-state index contributed by atoms with van der Waals surface area (Å²) >= 11 is -2.03. The Labute approximate surface area is 227 Å². The number of hydrogen-bond donors (Lipinski definition) is 4. The van der Waals surface area contributed by atoms with Crippen molar-refractivity contribution >= 4 is 67.6 Å². The Kier molecular flexibility index (Phi) is 8.36. The average Bonchev–Trinajstić information content (AvgIpc) is 2.90. The molecule has 4 N–H and O–H groups in total. The second-order valence-corrected chi connectivity index (χ2v) is 18.6. The van der Waals surface area contributed by atoms with Gasteiger partial charge in [0.15, 0.2) is 0 Å². The molecule has 0 aliphatic heterocycles. The molecule has 196 valence electrons. The van der Waals surface area contributed by atoms with Gasteiger partial charge in [0.2, 0.25) is 0 Å². The number of nitrogens with one attached hydrogen (secondary N) is 2. The first kappa shape index (κ1) is 27.6. The van der Waals surface area contributed by atoms with E-state index in [1.807, 2.05) is 18.2 Å². The zero-order chi connectivity index (χ0) is 27.4. The minimum atomic E-state index is -4.94. The first-order valence-electron chi connectivity index (χ1n) is 11.8. The van der Waals surface area contributed by atoms with Gasteiger partial charge in [0.25, 0.3) is 5.91 Å². The van der Waals surface area contributed by atoms with Crippen LogP contribution < -0.4 is 18.7 Å². The first-order chi connectivity index (χ1) is 18.1. The maximum atomic E-state index is 13.7. The molecule has 0 unspecified atom stereocenters. The Morgan fingerprint density at radius 1 is 0.842 bits per heavy atom. The molecular formula is C27H27N3O6SSn. The molecule has 38 heavy (non-hydrogen) atoms. The molecule has 0 bridgehead atoms. The second-order valence-electron chi connectivity index (χ2n) is 8.97. The maximum absolute atomic E-state index is 13.7. The van der Waals surface area contributed by atoms with Crippen LogP contribution in [0.15, 0.2) is 91.0 Å². The zero-order valence-corrected chi connectivity index (χ0v) is 24.8. The van der Waals surface area contributed by atoms with E-state index in [9.17, 15) is 22.6 Å². The molecule has 0 fully saturated rings. The predicted molar refractivity (Wildman–Crippen MR) is 150 cm³/mol. The fourth-order valence-electron chi connectivity index (χ4n) is 4.42. The van der Waals surface area contributed by atoms with Gasteiger partial charge in [0.1, 0.15) is 0 Å². The number of nitrogens with zero attached hydrogens (tertiary/aromatic N) is 1. The van der Waals surface area contributed by atoms with Crippen molar-refractivity contribution in [2.24, 2.45) is 0 Å². The fourth-order valence-corrected chi connectivity index (χ4v) is 9.22. The van der Waals surface area contributed by atoms with Crippen LogP contribution in [0, 0.1) is 0 Å². The van der Waals surface area contributed by atoms with Crippen LogP contribution in [-0.4, -0.2) is 49.8 Å². The number of carbonyl (C=O) groups excluding carboxylic acids is 2. The van der Waals surface area contributed by atoms with Gasteiger partial charge < -0.3 is 0 Å². The number of carbonyl (C=O) groups is 2. The van der Waals surface area contributed by atoms with Gasteiger partial charge in [0, 0.05) is 0 Å². The van der Waals surface area contributed by atoms with Crippen molar-refractivity contribution in [1.82, 2.24) is 5.48 Å². The summed E-state index contributed by atoms with van der Waals surface area (Å²) in [4.78, 5) is 29.8. The van der Waals surface area contributed by atoms with Gasteiger partial charge in [-0.2, -0.15) is 0 Å². The van der Waals surface area contributed by atoms with Gasteiger partial charge >= 0.3 is 207 Å². The number of fused-ring (bicyclic) bond motifs is 1. The van der Waals surface area contributed by atoms with Gasteiger partial charge in [-0.3, -0.25) is 10.0 Å². The Balaban J connectivity index is 1.86. The summed E-state index contributed by atoms with van der Waals surface area (Å²) in [5.74, 6) is -1.44. The summed E-state index contributed by atoms with van der Waals surface area (Å²) in [6.07, 6.45) is 0. The van der Waals surface area contributed by atoms with Crippen LogP contribution >= 0.6 is 0 Å². The van der Waals surface area contributed by atoms with Crippen molar-refractivity contribution in [3.05, 3.63) is 102 Å². The van der Waals surface area contributed by atoms with Crippen LogP contribution in [0.2, 0.25) is 9.88 Å². The van der Waals surface area contributed by atoms with E-state index in [-0.39, 0.29) is 16.9 Å². The molecule has 4 rings (SSSR count). The van der Waals surface area contributed by atoms with Crippen molar-refractivity contribution in [3.63, 3.8) is 0 Å². The predicted octanol–water partition coefficient (Wildman–Crippen LogP) is 3.64. The van der Waals surface area contributed by atoms with Crippen LogP contribution in [0.4, 0.5) is 11.4 Å². The zero-order valence-electron chi connectivity index (χ0n) is 20.7. The molecule has 11 heteroatoms. The normalized spacial score (nSPS) is 12.2. The fraction of sp³-hybridized carbons (Fsp3) is 0.111. The first-order valence-corrected chi connectivity index (χ1v) is 21.4. The van der Waals surface area contributed by atoms with E-state index in [1.165, 1.54) is 33.3 Å². The standard InChI is InChI=1S/C25H20N3O6S.2CH3.Sn.H/c29-24(27-31)19-13-15-20(16-14-19)26-25(30)23(18-8-2-1-3-9-18)28(35(32,33)34)22-12-6-10-17-7-4-5-11-21(17)22;;;;/h1-6,8-16,23,31H,(H,26,30)(H,27,29)(H,32,33,34);2*1H3;;/t23-;;;;/m0..../s1. The Bertz CT molecular complexity index is 1580. The molecule has 0 aromatic heterocycles. The number of anilines is 2. The van der Waals surface area contributed by atoms with E-state index >= 15 is 0 Å². The third kappa shape index (κ3) is 5.83. The minimum absolute atomic E-state index is 0.159. The topological polar surface area (TPSA) is 136 Å². The molecule has 0 saturated heterocycles. The Hall–Kier alpha value is -3.45. The van der Waals surface area contributed by atoms with E-state index in [0.29, 0.717) is 10.9 Å². The van der Waals surface area contributed by atoms with Crippen LogP contribution in [-0.2, 0) is 15.1 Å². The summed E-state index contributed by atoms with van der Waals surface area (Å²) in [5, 5.41) is 13.0. The van der Waals surface area contributed by atoms with Crippen molar-refractivity contribution < 1.29 is 27.8 Å². The summed E-state index contributed by atoms with van der Waals surface area (Å²) in [6.45, 7) is 0. The number of amides is 2. The summed E-state index contributed by atoms with van der Waals surface area (Å²) in [5.41, 5.74) is 2.50. The number of hydrogen-bond acceptors (Lipinski definition) is 5. The third-order valence-electron chi connectivity index (χ3n) is 6.16. The summed E-state index contributed by atoms with van der Waals surface area (Å²) < 4.78 is 38.4. The molecule has 0 heterocycles. The molecule has 1 atom stereocenters. The van der Waals surface area contributed by atoms with Crippen LogP contribution in [0.25, 0.3) is 10.8 Å². The SMILES string of the molecule is [CH3][SnH]([CH3])[c]1cccc2c(N([C@H](C(=O)Nc3ccc(C(=O)NO)cc3)c3ccccc3)S(=O)(=O)O)cccc12. The molecule has 0 saturated carbocycles. The van der Waals surface area contributed by atoms with Crippen LogP contribution in [0.5, 0.6) is 0 Å². The molecule has 4 aromatic rings. The van der Waals surface area contributed by atoms with Crippen molar-refractivity contribution in [1.29, 1.82) is 0 Å². The second kappa shape index (κ2) is 11.5. The number of hydroxylamine groups is 1. The molecule has 9 nitrogen and oxygen atoms in total. The van der Waals surface area contributed by atoms with Crippen molar-refractivity contribution in [3.8, 4) is 0 Å². The van der Waals surface area contributed by atoms with E-state index < -0.39 is 47.9 Å². The van der Waals surface area contributed by atoms with E-state index in [1.54, 1.807) is 48.5 Å². The van der Waals surface area contributed by atoms with Gasteiger partial charge in [-0.25, -0.2) is 5.48 Å². The van der Waals surface area contributed by atoms with E-state index in [2.05, 4.69) is 15.2 Å². The van der Waals surface area contributed by atoms with Crippen LogP contribution in [0.1, 0.15) is 22.0 Å². The Morgan fingerprint density at radius 3 is 2.08 bits per heavy atom. The van der Waals surface area contributed by atoms with E-state index in [4.69, 9.17) is 5.21 Å². The van der Waals surface area contributed by atoms with Gasteiger partial charge in [0.05, 0.1) is 0 Å². The number of rotatable bonds is 8. The molecule has 4 aromatic carbocycles. The Morgan fingerprint density at radius 2 is 1.47 bits per heavy atom. The molecule has 2 amide bonds. The molecule has 0 aliphatic carbocycles. The van der Waals surface area contributed by atoms with Gasteiger partial charge in [-0.05, 0) is 0 Å². The molecule has 0 aliphatic rings. The monoisotopic (exact) mass is 641 g/mol. The van der Waals surface area contributed by atoms with E-state index in [0.717, 1.165) is 9.69 Å². The molecule has 0 radical (unpaired) electrons. The van der Waals surface area contributed by atoms with Crippen molar-refractivity contribution in [2.45, 2.75) is 15.9 Å². The molecule has 0 spiro atoms. The average molecular weight is 640 g/mol. The molecular weight excluding hydrogens is 613 g/mol. The van der Waals surface area contributed by atoms with Crippen LogP contribution in [0.3, 0.4) is 0 Å². The van der Waals surface area contributed by atoms with Gasteiger partial charge in [-0.1, -0.05) is 0 Å². The number of benzene rings is 4.